The Hall–Kier alpha value is -5.26. The highest BCUT2D eigenvalue weighted by Gasteiger charge is 2.36. The van der Waals surface area contributed by atoms with Gasteiger partial charge in [-0.15, -0.1) is 0 Å². The fourth-order valence-electron chi connectivity index (χ4n) is 16.1. The van der Waals surface area contributed by atoms with Crippen LogP contribution in [0.25, 0.3) is 22.3 Å². The Labute approximate surface area is 574 Å². The van der Waals surface area contributed by atoms with E-state index in [9.17, 15) is 30.0 Å². The molecule has 0 spiro atoms. The number of aliphatic hydroxyl groups is 4. The highest BCUT2D eigenvalue weighted by molar-refractivity contribution is 5.87. The summed E-state index contributed by atoms with van der Waals surface area (Å²) in [7, 11) is 0. The van der Waals surface area contributed by atoms with Crippen molar-refractivity contribution in [3.8, 4) is 33.8 Å². The van der Waals surface area contributed by atoms with Crippen molar-refractivity contribution in [1.29, 1.82) is 0 Å². The van der Waals surface area contributed by atoms with Gasteiger partial charge in [-0.1, -0.05) is 178 Å². The van der Waals surface area contributed by atoms with E-state index in [1.807, 2.05) is 6.07 Å². The number of rotatable bonds is 38. The second-order valence-electron chi connectivity index (χ2n) is 29.7. The summed E-state index contributed by atoms with van der Waals surface area (Å²) in [6.45, 7) is 18.6. The van der Waals surface area contributed by atoms with Gasteiger partial charge < -0.3 is 39.4 Å². The Morgan fingerprint density at radius 2 is 0.874 bits per heavy atom. The number of carbonyl (C=O) groups excluding carboxylic acids is 2. The number of ether oxygens (including phenoxy) is 4. The van der Waals surface area contributed by atoms with Crippen LogP contribution in [-0.2, 0) is 31.9 Å². The van der Waals surface area contributed by atoms with E-state index in [-0.39, 0.29) is 44.9 Å². The Kier molecular flexibility index (Phi) is 34.0. The van der Waals surface area contributed by atoms with Gasteiger partial charge in [0.15, 0.2) is 0 Å². The molecule has 0 aromatic heterocycles. The maximum absolute atomic E-state index is 12.0. The van der Waals surface area contributed by atoms with Crippen molar-refractivity contribution in [3.05, 3.63) is 131 Å². The minimum absolute atomic E-state index is 0.0377. The zero-order valence-corrected chi connectivity index (χ0v) is 59.7. The van der Waals surface area contributed by atoms with Crippen molar-refractivity contribution in [2.75, 3.05) is 52.9 Å². The van der Waals surface area contributed by atoms with Gasteiger partial charge in [-0.2, -0.15) is 0 Å². The molecule has 10 heteroatoms. The van der Waals surface area contributed by atoms with Crippen molar-refractivity contribution in [2.24, 2.45) is 46.8 Å². The van der Waals surface area contributed by atoms with Crippen molar-refractivity contribution < 1.29 is 49.0 Å². The zero-order valence-electron chi connectivity index (χ0n) is 59.7. The third-order valence-corrected chi connectivity index (χ3v) is 22.7. The van der Waals surface area contributed by atoms with Gasteiger partial charge >= 0.3 is 11.9 Å². The first-order valence-corrected chi connectivity index (χ1v) is 38.0. The molecule has 0 radical (unpaired) electrons. The lowest BCUT2D eigenvalue weighted by Gasteiger charge is -2.41. The lowest BCUT2D eigenvalue weighted by atomic mass is 9.64. The summed E-state index contributed by atoms with van der Waals surface area (Å²) in [6, 6.07) is 30.8. The van der Waals surface area contributed by atoms with Gasteiger partial charge in [0, 0.05) is 42.1 Å². The van der Waals surface area contributed by atoms with Crippen LogP contribution in [0.5, 0.6) is 11.5 Å². The minimum atomic E-state index is -0.553. The molecule has 0 atom stereocenters. The van der Waals surface area contributed by atoms with Crippen LogP contribution < -0.4 is 9.47 Å². The van der Waals surface area contributed by atoms with E-state index in [1.165, 1.54) is 176 Å². The molecule has 0 heterocycles. The topological polar surface area (TPSA) is 152 Å². The summed E-state index contributed by atoms with van der Waals surface area (Å²) in [5.74, 6) is 7.80. The van der Waals surface area contributed by atoms with E-state index in [0.717, 1.165) is 101 Å². The van der Waals surface area contributed by atoms with E-state index in [2.05, 4.69) is 113 Å². The molecule has 0 amide bonds. The zero-order chi connectivity index (χ0) is 67.8. The molecule has 4 aliphatic rings. The molecule has 8 rings (SSSR count). The van der Waals surface area contributed by atoms with Gasteiger partial charge in [-0.3, -0.25) is 0 Å². The molecule has 526 valence electrons. The predicted molar refractivity (Wildman–Crippen MR) is 390 cm³/mol. The quantitative estimate of drug-likeness (QED) is 0.0194. The van der Waals surface area contributed by atoms with Crippen LogP contribution >= 0.6 is 0 Å². The standard InChI is InChI=1S/C44H60O5.C41H66O5/c1-5-7-9-10-34-11-13-35(14-12-34)36-15-17-37(18-16-36)38-19-21-39(22-20-38)40-23-24-42(41(30-40)25-28-49-43(47)33(3)4)48-29-27-44(31-45,32-46)26-8-6-2;1-4-5-6-8-31-10-12-33(13-11-31)34-14-16-35(17-15-34)36-18-20-37(21-19-36)38-22-23-40(45-26-24-32(28-42)29-43)39(27-38)9-7-25-46-41(44)30(2)3/h15-24,30,34-35,45-46H,3,5-14,25-29,31-32H2,1-2,4H3;22-23,27,31-37,42-43H,2,4-21,24-26,28-29H2,1,3H3. The van der Waals surface area contributed by atoms with Crippen LogP contribution in [0.3, 0.4) is 0 Å². The molecule has 4 aliphatic carbocycles. The summed E-state index contributed by atoms with van der Waals surface area (Å²) >= 11 is 0. The number of aliphatic hydroxyl groups excluding tert-OH is 4. The van der Waals surface area contributed by atoms with Crippen LogP contribution in [0.2, 0.25) is 0 Å². The normalized spacial score (nSPS) is 21.5. The summed E-state index contributed by atoms with van der Waals surface area (Å²) in [5, 5.41) is 39.0. The molecule has 0 bridgehead atoms. The van der Waals surface area contributed by atoms with Gasteiger partial charge in [0.05, 0.1) is 39.6 Å². The number of hydrogen-bond acceptors (Lipinski definition) is 10. The average molecular weight is 1310 g/mol. The third kappa shape index (κ3) is 24.9. The highest BCUT2D eigenvalue weighted by Crippen LogP contribution is 2.48. The van der Waals surface area contributed by atoms with Crippen molar-refractivity contribution >= 4 is 11.9 Å². The largest absolute Gasteiger partial charge is 0.493 e. The fraction of sp³-hybridized carbons (Fsp3) is 0.647. The number of carbonyl (C=O) groups is 2. The monoisotopic (exact) mass is 1310 g/mol. The Bertz CT molecular complexity index is 2830. The number of benzene rings is 4. The van der Waals surface area contributed by atoms with Crippen LogP contribution in [0.4, 0.5) is 0 Å². The lowest BCUT2D eigenvalue weighted by molar-refractivity contribution is -0.139. The van der Waals surface area contributed by atoms with Gasteiger partial charge in [0.2, 0.25) is 0 Å². The Morgan fingerprint density at radius 3 is 1.39 bits per heavy atom. The molecule has 4 N–H and O–H groups in total. The van der Waals surface area contributed by atoms with Crippen molar-refractivity contribution in [2.45, 2.75) is 252 Å². The molecular weight excluding hydrogens is 1180 g/mol. The first kappa shape index (κ1) is 77.1. The highest BCUT2D eigenvalue weighted by atomic mass is 16.5. The Balaban J connectivity index is 0.000000269. The second kappa shape index (κ2) is 41.9. The minimum Gasteiger partial charge on any atom is -0.493 e. The van der Waals surface area contributed by atoms with E-state index < -0.39 is 11.4 Å². The maximum Gasteiger partial charge on any atom is 0.333 e. The van der Waals surface area contributed by atoms with E-state index in [1.54, 1.807) is 13.8 Å². The van der Waals surface area contributed by atoms with Gasteiger partial charge in [0.1, 0.15) is 11.5 Å². The third-order valence-electron chi connectivity index (χ3n) is 22.7. The van der Waals surface area contributed by atoms with Gasteiger partial charge in [-0.25, -0.2) is 9.59 Å². The van der Waals surface area contributed by atoms with Gasteiger partial charge in [-0.05, 0) is 246 Å². The SMILES string of the molecule is C=C(C)C(=O)OCCCc1cc(C2CCC(C3CCC(C4CCC(CCCCC)CC4)CC3)CC2)ccc1OCCC(CO)CO.C=C(C)C(=O)OCCc1cc(-c2ccc(-c3ccc(C4CCC(CCCCC)CC4)cc3)cc2)ccc1OCCC(CO)(CO)CCCC. The molecule has 4 aromatic rings. The molecule has 4 aromatic carbocycles. The molecule has 10 nitrogen and oxygen atoms in total. The first-order chi connectivity index (χ1) is 46.2. The second-order valence-corrected chi connectivity index (χ2v) is 29.7. The number of unbranched alkanes of at least 4 members (excludes halogenated alkanes) is 5. The molecule has 4 fully saturated rings. The summed E-state index contributed by atoms with van der Waals surface area (Å²) in [6.07, 6.45) is 39.6. The van der Waals surface area contributed by atoms with Crippen LogP contribution in [0.1, 0.15) is 261 Å². The predicted octanol–water partition coefficient (Wildman–Crippen LogP) is 20.0. The lowest BCUT2D eigenvalue weighted by Crippen LogP contribution is -2.32. The Morgan fingerprint density at radius 1 is 0.453 bits per heavy atom. The molecular formula is C85H126O10. The van der Waals surface area contributed by atoms with Crippen LogP contribution in [0.15, 0.2) is 109 Å². The number of hydrogen-bond donors (Lipinski definition) is 4. The fourth-order valence-corrected chi connectivity index (χ4v) is 16.1. The van der Waals surface area contributed by atoms with E-state index in [0.29, 0.717) is 62.1 Å². The van der Waals surface area contributed by atoms with E-state index >= 15 is 0 Å². The van der Waals surface area contributed by atoms with Crippen LogP contribution in [0, 0.1) is 46.8 Å². The maximum atomic E-state index is 12.0. The molecule has 0 saturated heterocycles. The summed E-state index contributed by atoms with van der Waals surface area (Å²) < 4.78 is 23.2. The van der Waals surface area contributed by atoms with Crippen LogP contribution in [-0.4, -0.2) is 85.2 Å². The smallest absolute Gasteiger partial charge is 0.333 e. The van der Waals surface area contributed by atoms with E-state index in [4.69, 9.17) is 18.9 Å². The number of aryl methyl sites for hydroxylation is 1. The van der Waals surface area contributed by atoms with Gasteiger partial charge in [0.25, 0.3) is 0 Å². The average Bonchev–Trinajstić information content (AvgIpc) is 1.25. The first-order valence-electron chi connectivity index (χ1n) is 38.0. The summed E-state index contributed by atoms with van der Waals surface area (Å²) in [5.41, 5.74) is 9.82. The summed E-state index contributed by atoms with van der Waals surface area (Å²) in [4.78, 5) is 23.9. The molecule has 4 saturated carbocycles. The molecule has 95 heavy (non-hydrogen) atoms. The van der Waals surface area contributed by atoms with Crippen molar-refractivity contribution in [3.63, 3.8) is 0 Å². The molecule has 0 aliphatic heterocycles. The molecule has 0 unspecified atom stereocenters. The van der Waals surface area contributed by atoms with Crippen molar-refractivity contribution in [1.82, 2.24) is 0 Å². The number of esters is 2.